The lowest BCUT2D eigenvalue weighted by atomic mass is 9.83. The number of nitrogens with zero attached hydrogens (tertiary/aromatic N) is 1. The number of carbonyl (C=O) groups is 1. The predicted octanol–water partition coefficient (Wildman–Crippen LogP) is 5.26. The van der Waals surface area contributed by atoms with Gasteiger partial charge in [0.2, 0.25) is 0 Å². The normalized spacial score (nSPS) is 26.9. The highest BCUT2D eigenvalue weighted by atomic mass is 16.6. The molecular formula is C26H29NO3. The summed E-state index contributed by atoms with van der Waals surface area (Å²) in [7, 11) is 0. The van der Waals surface area contributed by atoms with Gasteiger partial charge in [-0.15, -0.1) is 6.58 Å². The second-order valence-electron chi connectivity index (χ2n) is 9.06. The first-order valence-electron chi connectivity index (χ1n) is 11.1. The van der Waals surface area contributed by atoms with Crippen molar-refractivity contribution in [1.29, 1.82) is 0 Å². The Morgan fingerprint density at radius 2 is 1.63 bits per heavy atom. The molecule has 3 aliphatic rings. The lowest BCUT2D eigenvalue weighted by Crippen LogP contribution is -2.53. The van der Waals surface area contributed by atoms with E-state index in [1.807, 2.05) is 11.0 Å². The van der Waals surface area contributed by atoms with Gasteiger partial charge >= 0.3 is 6.09 Å². The van der Waals surface area contributed by atoms with Gasteiger partial charge in [-0.05, 0) is 60.8 Å². The molecule has 0 saturated carbocycles. The number of ether oxygens (including phenoxy) is 1. The number of rotatable bonds is 5. The molecule has 0 spiro atoms. The van der Waals surface area contributed by atoms with E-state index in [1.165, 1.54) is 22.3 Å². The summed E-state index contributed by atoms with van der Waals surface area (Å²) in [6.45, 7) is 4.12. The van der Waals surface area contributed by atoms with Crippen molar-refractivity contribution in [2.75, 3.05) is 6.61 Å². The SMILES string of the molecule is C=CCCC1(O)CC2CCC(C1)N2C(=O)OCC1c2ccccc2-c2ccccc21. The number of fused-ring (bicyclic) bond motifs is 5. The number of benzene rings is 2. The summed E-state index contributed by atoms with van der Waals surface area (Å²) in [5.41, 5.74) is 4.25. The number of piperidine rings is 1. The van der Waals surface area contributed by atoms with Crippen LogP contribution < -0.4 is 0 Å². The van der Waals surface area contributed by atoms with E-state index >= 15 is 0 Å². The highest BCUT2D eigenvalue weighted by Gasteiger charge is 2.49. The molecule has 156 valence electrons. The first-order valence-corrected chi connectivity index (χ1v) is 11.1. The third-order valence-electron chi connectivity index (χ3n) is 7.21. The van der Waals surface area contributed by atoms with Gasteiger partial charge in [-0.2, -0.15) is 0 Å². The van der Waals surface area contributed by atoms with Crippen molar-refractivity contribution in [2.45, 2.75) is 62.1 Å². The second-order valence-corrected chi connectivity index (χ2v) is 9.06. The average molecular weight is 404 g/mol. The number of hydrogen-bond donors (Lipinski definition) is 1. The molecule has 1 amide bonds. The Labute approximate surface area is 178 Å². The van der Waals surface area contributed by atoms with Crippen LogP contribution in [0.2, 0.25) is 0 Å². The molecule has 2 atom stereocenters. The highest BCUT2D eigenvalue weighted by molar-refractivity contribution is 5.79. The summed E-state index contributed by atoms with van der Waals surface area (Å²) in [4.78, 5) is 15.0. The van der Waals surface area contributed by atoms with Gasteiger partial charge in [-0.1, -0.05) is 54.6 Å². The molecule has 0 radical (unpaired) electrons. The van der Waals surface area contributed by atoms with Crippen LogP contribution >= 0.6 is 0 Å². The van der Waals surface area contributed by atoms with E-state index in [2.05, 4.69) is 55.1 Å². The van der Waals surface area contributed by atoms with Gasteiger partial charge < -0.3 is 14.7 Å². The van der Waals surface area contributed by atoms with E-state index < -0.39 is 5.60 Å². The van der Waals surface area contributed by atoms with Gasteiger partial charge in [0.05, 0.1) is 5.60 Å². The van der Waals surface area contributed by atoms with Crippen LogP contribution in [0.25, 0.3) is 11.1 Å². The second kappa shape index (κ2) is 7.59. The summed E-state index contributed by atoms with van der Waals surface area (Å²) in [6.07, 6.45) is 6.34. The molecule has 2 unspecified atom stereocenters. The van der Waals surface area contributed by atoms with Gasteiger partial charge in [0.1, 0.15) is 6.61 Å². The fraction of sp³-hybridized carbons (Fsp3) is 0.423. The van der Waals surface area contributed by atoms with Crippen LogP contribution in [0.1, 0.15) is 55.6 Å². The molecule has 2 fully saturated rings. The molecule has 2 aromatic carbocycles. The number of allylic oxidation sites excluding steroid dienone is 1. The first kappa shape index (κ1) is 19.4. The zero-order chi connectivity index (χ0) is 20.7. The fourth-order valence-electron chi connectivity index (χ4n) is 5.86. The summed E-state index contributed by atoms with van der Waals surface area (Å²) in [6, 6.07) is 16.9. The number of aliphatic hydroxyl groups is 1. The molecule has 2 saturated heterocycles. The van der Waals surface area contributed by atoms with Crippen molar-refractivity contribution in [3.05, 3.63) is 72.3 Å². The molecule has 2 aromatic rings. The predicted molar refractivity (Wildman–Crippen MR) is 117 cm³/mol. The van der Waals surface area contributed by atoms with Crippen molar-refractivity contribution >= 4 is 6.09 Å². The zero-order valence-electron chi connectivity index (χ0n) is 17.3. The number of amides is 1. The quantitative estimate of drug-likeness (QED) is 0.693. The molecule has 0 aromatic heterocycles. The largest absolute Gasteiger partial charge is 0.448 e. The van der Waals surface area contributed by atoms with E-state index in [0.717, 1.165) is 25.7 Å². The van der Waals surface area contributed by atoms with E-state index in [0.29, 0.717) is 19.4 Å². The van der Waals surface area contributed by atoms with Crippen LogP contribution in [0, 0.1) is 0 Å². The number of carbonyl (C=O) groups excluding carboxylic acids is 1. The van der Waals surface area contributed by atoms with Crippen molar-refractivity contribution in [3.8, 4) is 11.1 Å². The van der Waals surface area contributed by atoms with Crippen LogP contribution in [0.5, 0.6) is 0 Å². The van der Waals surface area contributed by atoms with Crippen LogP contribution in [-0.4, -0.2) is 40.4 Å². The van der Waals surface area contributed by atoms with Gasteiger partial charge in [0.15, 0.2) is 0 Å². The standard InChI is InChI=1S/C26H29NO3/c1-2-3-14-26(29)15-18-12-13-19(16-26)27(18)25(28)30-17-24-22-10-6-4-8-20(22)21-9-5-7-11-23(21)24/h2,4-11,18-19,24,29H,1,3,12-17H2. The average Bonchev–Trinajstić information content (AvgIpc) is 3.23. The van der Waals surface area contributed by atoms with Crippen LogP contribution in [0.15, 0.2) is 61.2 Å². The molecule has 4 heteroatoms. The van der Waals surface area contributed by atoms with Crippen LogP contribution in [0.4, 0.5) is 4.79 Å². The van der Waals surface area contributed by atoms with Gasteiger partial charge in [0.25, 0.3) is 0 Å². The molecule has 1 N–H and O–H groups in total. The Morgan fingerprint density at radius 3 is 2.20 bits per heavy atom. The minimum absolute atomic E-state index is 0.0771. The summed E-state index contributed by atoms with van der Waals surface area (Å²) in [5, 5.41) is 11.0. The van der Waals surface area contributed by atoms with Gasteiger partial charge in [-0.3, -0.25) is 0 Å². The molecule has 2 aliphatic heterocycles. The minimum atomic E-state index is -0.680. The van der Waals surface area contributed by atoms with Gasteiger partial charge in [-0.25, -0.2) is 4.79 Å². The third-order valence-corrected chi connectivity index (χ3v) is 7.21. The molecule has 2 bridgehead atoms. The summed E-state index contributed by atoms with van der Waals surface area (Å²) >= 11 is 0. The third kappa shape index (κ3) is 3.24. The topological polar surface area (TPSA) is 49.8 Å². The Hall–Kier alpha value is -2.59. The lowest BCUT2D eigenvalue weighted by molar-refractivity contribution is -0.0529. The van der Waals surface area contributed by atoms with Crippen molar-refractivity contribution in [3.63, 3.8) is 0 Å². The first-order chi connectivity index (χ1) is 14.6. The van der Waals surface area contributed by atoms with E-state index in [1.54, 1.807) is 0 Å². The molecule has 2 heterocycles. The van der Waals surface area contributed by atoms with E-state index in [-0.39, 0.29) is 24.1 Å². The molecule has 30 heavy (non-hydrogen) atoms. The fourth-order valence-corrected chi connectivity index (χ4v) is 5.86. The molecule has 4 nitrogen and oxygen atoms in total. The summed E-state index contributed by atoms with van der Waals surface area (Å²) < 4.78 is 5.90. The van der Waals surface area contributed by atoms with Crippen LogP contribution in [0.3, 0.4) is 0 Å². The van der Waals surface area contributed by atoms with Crippen molar-refractivity contribution in [1.82, 2.24) is 4.90 Å². The van der Waals surface area contributed by atoms with Crippen LogP contribution in [-0.2, 0) is 4.74 Å². The van der Waals surface area contributed by atoms with E-state index in [4.69, 9.17) is 4.74 Å². The maximum absolute atomic E-state index is 13.1. The molecule has 5 rings (SSSR count). The Balaban J connectivity index is 1.29. The molecular weight excluding hydrogens is 374 g/mol. The molecule has 1 aliphatic carbocycles. The maximum atomic E-state index is 13.1. The summed E-state index contributed by atoms with van der Waals surface area (Å²) in [5.74, 6) is 0.0771. The smallest absolute Gasteiger partial charge is 0.410 e. The van der Waals surface area contributed by atoms with Crippen molar-refractivity contribution < 1.29 is 14.6 Å². The Bertz CT molecular complexity index is 909. The Kier molecular flexibility index (Phi) is 4.90. The van der Waals surface area contributed by atoms with E-state index in [9.17, 15) is 9.90 Å². The highest BCUT2D eigenvalue weighted by Crippen LogP contribution is 2.46. The zero-order valence-corrected chi connectivity index (χ0v) is 17.3. The number of hydrogen-bond acceptors (Lipinski definition) is 3. The Morgan fingerprint density at radius 1 is 1.07 bits per heavy atom. The minimum Gasteiger partial charge on any atom is -0.448 e. The monoisotopic (exact) mass is 403 g/mol. The maximum Gasteiger partial charge on any atom is 0.410 e. The van der Waals surface area contributed by atoms with Crippen molar-refractivity contribution in [2.24, 2.45) is 0 Å². The van der Waals surface area contributed by atoms with Gasteiger partial charge in [0, 0.05) is 18.0 Å². The lowest BCUT2D eigenvalue weighted by Gasteiger charge is -2.43.